The van der Waals surface area contributed by atoms with Crippen LogP contribution < -0.4 is 4.90 Å². The lowest BCUT2D eigenvalue weighted by atomic mass is 9.71. The number of fused-ring (bicyclic) bond motifs is 2. The van der Waals surface area contributed by atoms with Gasteiger partial charge in [-0.1, -0.05) is 31.0 Å². The number of hydrogen-bond donors (Lipinski definition) is 1. The Morgan fingerprint density at radius 2 is 2.10 bits per heavy atom. The summed E-state index contributed by atoms with van der Waals surface area (Å²) < 4.78 is 0. The molecule has 1 aliphatic carbocycles. The molecule has 0 spiro atoms. The predicted molar refractivity (Wildman–Crippen MR) is 83.3 cm³/mol. The standard InChI is InChI=1S/C17H21N3O/c21-17-8-4-3-5-13(17)12-20(10-9-17)16-11-18-19-15-7-2-1-6-14(15)16/h1-2,6-7,11,13,21H,3-5,8-10,12H2. The van der Waals surface area contributed by atoms with Gasteiger partial charge in [0, 0.05) is 24.4 Å². The Morgan fingerprint density at radius 1 is 1.19 bits per heavy atom. The summed E-state index contributed by atoms with van der Waals surface area (Å²) in [6.07, 6.45) is 7.27. The second kappa shape index (κ2) is 4.95. The summed E-state index contributed by atoms with van der Waals surface area (Å²) in [6, 6.07) is 8.17. The first kappa shape index (κ1) is 13.0. The van der Waals surface area contributed by atoms with E-state index in [1.807, 2.05) is 18.3 Å². The fourth-order valence-electron chi connectivity index (χ4n) is 4.03. The Bertz CT molecular complexity index is 654. The molecule has 0 bridgehead atoms. The Balaban J connectivity index is 1.67. The molecule has 4 nitrogen and oxygen atoms in total. The number of hydrogen-bond acceptors (Lipinski definition) is 4. The first-order valence-corrected chi connectivity index (χ1v) is 7.94. The molecule has 1 aromatic carbocycles. The number of rotatable bonds is 1. The van der Waals surface area contributed by atoms with Gasteiger partial charge in [0.1, 0.15) is 0 Å². The van der Waals surface area contributed by atoms with Gasteiger partial charge in [-0.3, -0.25) is 0 Å². The molecule has 2 aromatic rings. The fourth-order valence-corrected chi connectivity index (χ4v) is 4.03. The summed E-state index contributed by atoms with van der Waals surface area (Å²) in [4.78, 5) is 2.39. The second-order valence-electron chi connectivity index (χ2n) is 6.49. The van der Waals surface area contributed by atoms with Gasteiger partial charge >= 0.3 is 0 Å². The average Bonchev–Trinajstić information content (AvgIpc) is 2.53. The van der Waals surface area contributed by atoms with Gasteiger partial charge in [-0.25, -0.2) is 0 Å². The van der Waals surface area contributed by atoms with Crippen LogP contribution in [-0.2, 0) is 0 Å². The summed E-state index contributed by atoms with van der Waals surface area (Å²) in [5, 5.41) is 20.3. The van der Waals surface area contributed by atoms with E-state index < -0.39 is 5.60 Å². The van der Waals surface area contributed by atoms with Crippen molar-refractivity contribution in [1.82, 2.24) is 10.2 Å². The molecule has 0 radical (unpaired) electrons. The van der Waals surface area contributed by atoms with Crippen molar-refractivity contribution in [2.24, 2.45) is 5.92 Å². The normalized spacial score (nSPS) is 29.4. The van der Waals surface area contributed by atoms with E-state index in [1.54, 1.807) is 0 Å². The van der Waals surface area contributed by atoms with Crippen LogP contribution in [0.3, 0.4) is 0 Å². The summed E-state index contributed by atoms with van der Waals surface area (Å²) >= 11 is 0. The molecule has 4 rings (SSSR count). The lowest BCUT2D eigenvalue weighted by molar-refractivity contribution is -0.0612. The van der Waals surface area contributed by atoms with E-state index in [0.717, 1.165) is 48.9 Å². The highest BCUT2D eigenvalue weighted by atomic mass is 16.3. The van der Waals surface area contributed by atoms with Crippen molar-refractivity contribution in [1.29, 1.82) is 0 Å². The van der Waals surface area contributed by atoms with Crippen LogP contribution in [0.1, 0.15) is 32.1 Å². The van der Waals surface area contributed by atoms with E-state index in [2.05, 4.69) is 27.2 Å². The third-order valence-electron chi connectivity index (χ3n) is 5.29. The molecule has 2 atom stereocenters. The first-order valence-electron chi connectivity index (χ1n) is 7.94. The SMILES string of the molecule is OC12CCCCC1CN(c1cnnc3ccccc13)CC2. The summed E-state index contributed by atoms with van der Waals surface area (Å²) in [6.45, 7) is 1.84. The molecule has 2 aliphatic rings. The lowest BCUT2D eigenvalue weighted by Crippen LogP contribution is -2.53. The van der Waals surface area contributed by atoms with Gasteiger partial charge in [0.05, 0.1) is 23.0 Å². The summed E-state index contributed by atoms with van der Waals surface area (Å²) in [5.41, 5.74) is 1.68. The van der Waals surface area contributed by atoms with Crippen molar-refractivity contribution >= 4 is 16.6 Å². The highest BCUT2D eigenvalue weighted by Gasteiger charge is 2.42. The van der Waals surface area contributed by atoms with Gasteiger partial charge in [0.15, 0.2) is 0 Å². The minimum Gasteiger partial charge on any atom is -0.389 e. The largest absolute Gasteiger partial charge is 0.389 e. The molecule has 1 saturated heterocycles. The van der Waals surface area contributed by atoms with Crippen LogP contribution in [0, 0.1) is 5.92 Å². The molecular formula is C17H21N3O. The van der Waals surface area contributed by atoms with E-state index >= 15 is 0 Å². The molecule has 2 fully saturated rings. The maximum absolute atomic E-state index is 10.8. The van der Waals surface area contributed by atoms with Crippen LogP contribution in [0.15, 0.2) is 30.5 Å². The number of piperidine rings is 1. The zero-order valence-corrected chi connectivity index (χ0v) is 12.2. The van der Waals surface area contributed by atoms with Crippen molar-refractivity contribution in [3.05, 3.63) is 30.5 Å². The van der Waals surface area contributed by atoms with Crippen LogP contribution >= 0.6 is 0 Å². The van der Waals surface area contributed by atoms with Crippen LogP contribution in [0.25, 0.3) is 10.9 Å². The van der Waals surface area contributed by atoms with Crippen molar-refractivity contribution in [2.45, 2.75) is 37.7 Å². The van der Waals surface area contributed by atoms with Crippen molar-refractivity contribution in [3.8, 4) is 0 Å². The lowest BCUT2D eigenvalue weighted by Gasteiger charge is -2.48. The highest BCUT2D eigenvalue weighted by Crippen LogP contribution is 2.41. The van der Waals surface area contributed by atoms with Crippen molar-refractivity contribution < 1.29 is 5.11 Å². The molecule has 1 aliphatic heterocycles. The van der Waals surface area contributed by atoms with E-state index in [9.17, 15) is 5.11 Å². The molecule has 0 amide bonds. The number of anilines is 1. The smallest absolute Gasteiger partial charge is 0.0950 e. The average molecular weight is 283 g/mol. The summed E-state index contributed by atoms with van der Waals surface area (Å²) in [5.74, 6) is 0.395. The predicted octanol–water partition coefficient (Wildman–Crippen LogP) is 2.76. The fraction of sp³-hybridized carbons (Fsp3) is 0.529. The van der Waals surface area contributed by atoms with E-state index in [4.69, 9.17) is 0 Å². The van der Waals surface area contributed by atoms with E-state index in [-0.39, 0.29) is 0 Å². The van der Waals surface area contributed by atoms with Crippen molar-refractivity contribution in [2.75, 3.05) is 18.0 Å². The van der Waals surface area contributed by atoms with Gasteiger partial charge in [0.2, 0.25) is 0 Å². The van der Waals surface area contributed by atoms with Crippen LogP contribution in [0.5, 0.6) is 0 Å². The van der Waals surface area contributed by atoms with E-state index in [0.29, 0.717) is 5.92 Å². The van der Waals surface area contributed by atoms with Crippen LogP contribution in [0.2, 0.25) is 0 Å². The molecule has 1 saturated carbocycles. The number of benzene rings is 1. The quantitative estimate of drug-likeness (QED) is 0.874. The molecule has 1 N–H and O–H groups in total. The molecule has 110 valence electrons. The Morgan fingerprint density at radius 3 is 3.05 bits per heavy atom. The zero-order valence-electron chi connectivity index (χ0n) is 12.2. The minimum absolute atomic E-state index is 0.395. The molecular weight excluding hydrogens is 262 g/mol. The van der Waals surface area contributed by atoms with Gasteiger partial charge in [-0.05, 0) is 25.3 Å². The number of aromatic nitrogens is 2. The molecule has 1 aromatic heterocycles. The molecule has 2 unspecified atom stereocenters. The van der Waals surface area contributed by atoms with Crippen LogP contribution in [-0.4, -0.2) is 34.0 Å². The Hall–Kier alpha value is -1.68. The minimum atomic E-state index is -0.426. The molecule has 2 heterocycles. The highest BCUT2D eigenvalue weighted by molar-refractivity contribution is 5.90. The first-order chi connectivity index (χ1) is 10.3. The molecule has 21 heavy (non-hydrogen) atoms. The third-order valence-corrected chi connectivity index (χ3v) is 5.29. The van der Waals surface area contributed by atoms with Gasteiger partial charge in [0.25, 0.3) is 0 Å². The number of aliphatic hydroxyl groups is 1. The number of nitrogens with zero attached hydrogens (tertiary/aromatic N) is 3. The summed E-state index contributed by atoms with van der Waals surface area (Å²) in [7, 11) is 0. The van der Waals surface area contributed by atoms with Gasteiger partial charge in [-0.15, -0.1) is 0 Å². The van der Waals surface area contributed by atoms with E-state index in [1.165, 1.54) is 12.8 Å². The second-order valence-corrected chi connectivity index (χ2v) is 6.49. The Kier molecular flexibility index (Phi) is 3.07. The van der Waals surface area contributed by atoms with Gasteiger partial charge < -0.3 is 10.0 Å². The maximum atomic E-state index is 10.8. The Labute approximate surface area is 124 Å². The zero-order chi connectivity index (χ0) is 14.3. The monoisotopic (exact) mass is 283 g/mol. The molecule has 4 heteroatoms. The third kappa shape index (κ3) is 2.18. The maximum Gasteiger partial charge on any atom is 0.0950 e. The van der Waals surface area contributed by atoms with Crippen molar-refractivity contribution in [3.63, 3.8) is 0 Å². The van der Waals surface area contributed by atoms with Crippen LogP contribution in [0.4, 0.5) is 5.69 Å². The topological polar surface area (TPSA) is 49.2 Å². The van der Waals surface area contributed by atoms with Gasteiger partial charge in [-0.2, -0.15) is 10.2 Å².